The van der Waals surface area contributed by atoms with E-state index in [4.69, 9.17) is 17.3 Å². The summed E-state index contributed by atoms with van der Waals surface area (Å²) in [5.41, 5.74) is 7.57. The van der Waals surface area contributed by atoms with Crippen LogP contribution in [0.3, 0.4) is 0 Å². The molecular weight excluding hydrogens is 361 g/mol. The van der Waals surface area contributed by atoms with Crippen LogP contribution in [0.1, 0.15) is 0 Å². The van der Waals surface area contributed by atoms with Gasteiger partial charge in [-0.25, -0.2) is 4.39 Å². The Balaban J connectivity index is 2.14. The third kappa shape index (κ3) is 2.74. The van der Waals surface area contributed by atoms with E-state index < -0.39 is 0 Å². The van der Waals surface area contributed by atoms with Gasteiger partial charge in [-0.15, -0.1) is 5.10 Å². The van der Waals surface area contributed by atoms with E-state index in [1.165, 1.54) is 10.7 Å². The molecule has 2 N–H and O–H groups in total. The lowest BCUT2D eigenvalue weighted by molar-refractivity contribution is 0.620. The number of rotatable bonds is 2. The summed E-state index contributed by atoms with van der Waals surface area (Å²) in [5, 5.41) is 12.0. The second-order valence-corrected chi connectivity index (χ2v) is 5.58. The maximum absolute atomic E-state index is 13.3. The van der Waals surface area contributed by atoms with Gasteiger partial charge in [0.05, 0.1) is 10.2 Å². The molecule has 21 heavy (non-hydrogen) atoms. The third-order valence-corrected chi connectivity index (χ3v) is 3.62. The van der Waals surface area contributed by atoms with E-state index in [2.05, 4.69) is 31.5 Å². The van der Waals surface area contributed by atoms with Crippen molar-refractivity contribution in [1.82, 2.24) is 20.2 Å². The van der Waals surface area contributed by atoms with Crippen molar-refractivity contribution < 1.29 is 4.39 Å². The number of hydrogen-bond acceptors (Lipinski definition) is 4. The molecule has 5 nitrogen and oxygen atoms in total. The van der Waals surface area contributed by atoms with Crippen molar-refractivity contribution >= 4 is 33.2 Å². The largest absolute Gasteiger partial charge is 0.399 e. The highest BCUT2D eigenvalue weighted by molar-refractivity contribution is 9.10. The molecule has 0 fully saturated rings. The second-order valence-electron chi connectivity index (χ2n) is 4.29. The fourth-order valence-corrected chi connectivity index (χ4v) is 2.51. The Bertz CT molecular complexity index is 800. The van der Waals surface area contributed by atoms with Gasteiger partial charge in [-0.3, -0.25) is 0 Å². The molecule has 0 spiro atoms. The molecule has 2 aromatic carbocycles. The Morgan fingerprint density at radius 2 is 2.00 bits per heavy atom. The fourth-order valence-electron chi connectivity index (χ4n) is 1.90. The first kappa shape index (κ1) is 14.0. The van der Waals surface area contributed by atoms with E-state index in [-0.39, 0.29) is 5.82 Å². The molecule has 0 saturated carbocycles. The average Bonchev–Trinajstić information content (AvgIpc) is 2.90. The van der Waals surface area contributed by atoms with Gasteiger partial charge in [0.2, 0.25) is 0 Å². The lowest BCUT2D eigenvalue weighted by Gasteiger charge is -2.06. The van der Waals surface area contributed by atoms with Crippen LogP contribution >= 0.6 is 27.5 Å². The maximum atomic E-state index is 13.3. The average molecular weight is 369 g/mol. The predicted octanol–water partition coefficient (Wildman–Crippen LogP) is 3.47. The molecule has 106 valence electrons. The summed E-state index contributed by atoms with van der Waals surface area (Å²) in [4.78, 5) is 0. The Morgan fingerprint density at radius 1 is 1.19 bits per heavy atom. The molecule has 0 saturated heterocycles. The fraction of sp³-hybridized carbons (Fsp3) is 0. The molecule has 0 radical (unpaired) electrons. The Kier molecular flexibility index (Phi) is 3.60. The first-order valence-electron chi connectivity index (χ1n) is 5.85. The van der Waals surface area contributed by atoms with Crippen LogP contribution in [0, 0.1) is 5.82 Å². The summed E-state index contributed by atoms with van der Waals surface area (Å²) in [5.74, 6) is 0.100. The zero-order valence-corrected chi connectivity index (χ0v) is 12.8. The van der Waals surface area contributed by atoms with Crippen LogP contribution in [-0.4, -0.2) is 20.2 Å². The van der Waals surface area contributed by atoms with Crippen molar-refractivity contribution in [3.63, 3.8) is 0 Å². The Labute approximate surface area is 132 Å². The smallest absolute Gasteiger partial charge is 0.187 e. The first-order valence-corrected chi connectivity index (χ1v) is 7.02. The van der Waals surface area contributed by atoms with Crippen molar-refractivity contribution in [3.05, 3.63) is 51.7 Å². The van der Waals surface area contributed by atoms with Gasteiger partial charge in [0.15, 0.2) is 5.82 Å². The Morgan fingerprint density at radius 3 is 2.71 bits per heavy atom. The number of tetrazole rings is 1. The number of nitrogen functional groups attached to an aromatic ring is 1. The van der Waals surface area contributed by atoms with Gasteiger partial charge in [-0.1, -0.05) is 11.6 Å². The van der Waals surface area contributed by atoms with Crippen LogP contribution in [0.2, 0.25) is 5.02 Å². The Hall–Kier alpha value is -1.99. The van der Waals surface area contributed by atoms with Crippen LogP contribution in [0.25, 0.3) is 17.1 Å². The first-order chi connectivity index (χ1) is 10.0. The summed E-state index contributed by atoms with van der Waals surface area (Å²) < 4.78 is 15.1. The van der Waals surface area contributed by atoms with Crippen LogP contribution < -0.4 is 5.73 Å². The molecule has 1 heterocycles. The topological polar surface area (TPSA) is 69.6 Å². The minimum absolute atomic E-state index is 0.326. The monoisotopic (exact) mass is 367 g/mol. The van der Waals surface area contributed by atoms with Gasteiger partial charge in [-0.2, -0.15) is 4.68 Å². The predicted molar refractivity (Wildman–Crippen MR) is 81.7 cm³/mol. The van der Waals surface area contributed by atoms with Crippen LogP contribution in [0.4, 0.5) is 10.1 Å². The number of aromatic nitrogens is 4. The summed E-state index contributed by atoms with van der Waals surface area (Å²) >= 11 is 9.13. The molecule has 0 amide bonds. The molecule has 8 heteroatoms. The molecule has 0 atom stereocenters. The normalized spacial score (nSPS) is 10.8. The van der Waals surface area contributed by atoms with E-state index in [1.807, 2.05) is 0 Å². The molecule has 0 aliphatic rings. The van der Waals surface area contributed by atoms with Crippen molar-refractivity contribution in [1.29, 1.82) is 0 Å². The number of hydrogen-bond donors (Lipinski definition) is 1. The van der Waals surface area contributed by atoms with Crippen molar-refractivity contribution in [2.75, 3.05) is 5.73 Å². The maximum Gasteiger partial charge on any atom is 0.187 e. The van der Waals surface area contributed by atoms with E-state index >= 15 is 0 Å². The molecule has 3 aromatic rings. The highest BCUT2D eigenvalue weighted by atomic mass is 79.9. The summed E-state index contributed by atoms with van der Waals surface area (Å²) in [6.07, 6.45) is 0. The standard InChI is InChI=1S/C13H8BrClFN5/c14-11-6-10(1-2-12(11)16)21-13(18-19-20-21)7-3-8(15)5-9(17)4-7/h1-6H,17H2. The van der Waals surface area contributed by atoms with Crippen LogP contribution in [0.15, 0.2) is 40.9 Å². The molecule has 0 aliphatic heterocycles. The quantitative estimate of drug-likeness (QED) is 0.703. The zero-order valence-electron chi connectivity index (χ0n) is 10.5. The number of nitrogens with two attached hydrogens (primary N) is 1. The van der Waals surface area contributed by atoms with E-state index in [1.54, 1.807) is 30.3 Å². The van der Waals surface area contributed by atoms with E-state index in [0.29, 0.717) is 32.3 Å². The minimum Gasteiger partial charge on any atom is -0.399 e. The number of benzene rings is 2. The van der Waals surface area contributed by atoms with Gasteiger partial charge in [0.25, 0.3) is 0 Å². The lowest BCUT2D eigenvalue weighted by atomic mass is 10.2. The summed E-state index contributed by atoms with van der Waals surface area (Å²) in [6.45, 7) is 0. The molecule has 0 bridgehead atoms. The van der Waals surface area contributed by atoms with E-state index in [9.17, 15) is 4.39 Å². The highest BCUT2D eigenvalue weighted by Crippen LogP contribution is 2.27. The van der Waals surface area contributed by atoms with Crippen LogP contribution in [-0.2, 0) is 0 Å². The molecule has 0 unspecified atom stereocenters. The van der Waals surface area contributed by atoms with Gasteiger partial charge in [0.1, 0.15) is 5.82 Å². The van der Waals surface area contributed by atoms with Gasteiger partial charge in [0, 0.05) is 16.3 Å². The molecule has 1 aromatic heterocycles. The number of nitrogens with zero attached hydrogens (tertiary/aromatic N) is 4. The zero-order chi connectivity index (χ0) is 15.0. The molecular formula is C13H8BrClFN5. The minimum atomic E-state index is -0.361. The molecule has 0 aliphatic carbocycles. The third-order valence-electron chi connectivity index (χ3n) is 2.80. The van der Waals surface area contributed by atoms with Crippen molar-refractivity contribution in [2.24, 2.45) is 0 Å². The van der Waals surface area contributed by atoms with Crippen molar-refractivity contribution in [2.45, 2.75) is 0 Å². The second kappa shape index (κ2) is 5.42. The SMILES string of the molecule is Nc1cc(Cl)cc(-c2nnnn2-c2ccc(F)c(Br)c2)c1. The van der Waals surface area contributed by atoms with Gasteiger partial charge >= 0.3 is 0 Å². The van der Waals surface area contributed by atoms with E-state index in [0.717, 1.165) is 0 Å². The van der Waals surface area contributed by atoms with Gasteiger partial charge < -0.3 is 5.73 Å². The van der Waals surface area contributed by atoms with Gasteiger partial charge in [-0.05, 0) is 62.8 Å². The van der Waals surface area contributed by atoms with Crippen LogP contribution in [0.5, 0.6) is 0 Å². The summed E-state index contributed by atoms with van der Waals surface area (Å²) in [7, 11) is 0. The molecule has 3 rings (SSSR count). The summed E-state index contributed by atoms with van der Waals surface area (Å²) in [6, 6.07) is 9.55. The lowest BCUT2D eigenvalue weighted by Crippen LogP contribution is -2.01. The van der Waals surface area contributed by atoms with Crippen molar-refractivity contribution in [3.8, 4) is 17.1 Å². The highest BCUT2D eigenvalue weighted by Gasteiger charge is 2.13. The number of anilines is 1. The number of halogens is 3.